The highest BCUT2D eigenvalue weighted by Gasteiger charge is 2.16. The summed E-state index contributed by atoms with van der Waals surface area (Å²) in [5.41, 5.74) is 1.33. The molecule has 0 spiro atoms. The van der Waals surface area contributed by atoms with Crippen molar-refractivity contribution >= 4 is 17.4 Å². The van der Waals surface area contributed by atoms with Gasteiger partial charge in [-0.25, -0.2) is 9.97 Å². The highest BCUT2D eigenvalue weighted by molar-refractivity contribution is 6.31. The predicted octanol–water partition coefficient (Wildman–Crippen LogP) is 3.20. The van der Waals surface area contributed by atoms with Crippen molar-refractivity contribution in [1.29, 1.82) is 5.26 Å². The second-order valence-corrected chi connectivity index (χ2v) is 4.59. The van der Waals surface area contributed by atoms with Crippen molar-refractivity contribution in [3.05, 3.63) is 52.9 Å². The van der Waals surface area contributed by atoms with Gasteiger partial charge in [0.1, 0.15) is 11.9 Å². The number of halogens is 1. The molecule has 2 aromatic rings. The number of hydrogen-bond acceptors (Lipinski definition) is 4. The minimum absolute atomic E-state index is 0.0657. The van der Waals surface area contributed by atoms with Crippen molar-refractivity contribution in [2.45, 2.75) is 13.0 Å². The second-order valence-electron chi connectivity index (χ2n) is 4.18. The Morgan fingerprint density at radius 1 is 1.26 bits per heavy atom. The van der Waals surface area contributed by atoms with Gasteiger partial charge in [0, 0.05) is 12.1 Å². The molecule has 1 atom stereocenters. The Morgan fingerprint density at radius 2 is 2.00 bits per heavy atom. The normalized spacial score (nSPS) is 11.7. The van der Waals surface area contributed by atoms with E-state index in [1.165, 1.54) is 6.20 Å². The van der Waals surface area contributed by atoms with Crippen molar-refractivity contribution in [3.8, 4) is 6.07 Å². The van der Waals surface area contributed by atoms with E-state index in [1.54, 1.807) is 6.20 Å². The van der Waals surface area contributed by atoms with Crippen LogP contribution in [-0.4, -0.2) is 17.0 Å². The number of anilines is 1. The molecule has 0 N–H and O–H groups in total. The molecule has 1 aromatic heterocycles. The first kappa shape index (κ1) is 13.3. The number of nitrogens with zero attached hydrogens (tertiary/aromatic N) is 4. The van der Waals surface area contributed by atoms with E-state index in [2.05, 4.69) is 9.97 Å². The van der Waals surface area contributed by atoms with Crippen molar-refractivity contribution in [1.82, 2.24) is 9.97 Å². The molecule has 1 unspecified atom stereocenters. The zero-order chi connectivity index (χ0) is 13.8. The summed E-state index contributed by atoms with van der Waals surface area (Å²) in [7, 11) is 1.92. The summed E-state index contributed by atoms with van der Waals surface area (Å²) in [5, 5.41) is 9.43. The smallest absolute Gasteiger partial charge is 0.158 e. The third-order valence-corrected chi connectivity index (χ3v) is 3.39. The number of nitriles is 1. The predicted molar refractivity (Wildman–Crippen MR) is 75.0 cm³/mol. The van der Waals surface area contributed by atoms with Crippen LogP contribution >= 0.6 is 11.6 Å². The van der Waals surface area contributed by atoms with E-state index in [4.69, 9.17) is 16.9 Å². The fourth-order valence-electron chi connectivity index (χ4n) is 1.78. The largest absolute Gasteiger partial charge is 0.352 e. The number of aromatic nitrogens is 2. The minimum atomic E-state index is 0.0657. The molecule has 96 valence electrons. The zero-order valence-corrected chi connectivity index (χ0v) is 11.5. The van der Waals surface area contributed by atoms with Gasteiger partial charge in [-0.1, -0.05) is 29.8 Å². The van der Waals surface area contributed by atoms with E-state index in [-0.39, 0.29) is 6.04 Å². The van der Waals surface area contributed by atoms with Crippen LogP contribution < -0.4 is 4.90 Å². The summed E-state index contributed by atoms with van der Waals surface area (Å²) in [5.74, 6) is 0.700. The quantitative estimate of drug-likeness (QED) is 0.861. The van der Waals surface area contributed by atoms with E-state index in [1.807, 2.05) is 49.2 Å². The molecule has 2 rings (SSSR count). The topological polar surface area (TPSA) is 52.8 Å². The lowest BCUT2D eigenvalue weighted by atomic mass is 10.1. The molecule has 0 radical (unpaired) electrons. The number of rotatable bonds is 3. The van der Waals surface area contributed by atoms with Crippen LogP contribution in [0.25, 0.3) is 0 Å². The summed E-state index contributed by atoms with van der Waals surface area (Å²) >= 11 is 6.19. The molecule has 0 fully saturated rings. The Balaban J connectivity index is 2.26. The van der Waals surface area contributed by atoms with Gasteiger partial charge in [0.25, 0.3) is 0 Å². The van der Waals surface area contributed by atoms with Crippen molar-refractivity contribution in [2.75, 3.05) is 11.9 Å². The molecule has 0 aliphatic carbocycles. The Labute approximate surface area is 117 Å². The lowest BCUT2D eigenvalue weighted by Crippen LogP contribution is -2.23. The van der Waals surface area contributed by atoms with E-state index in [9.17, 15) is 0 Å². The molecule has 1 aromatic carbocycles. The first-order valence-corrected chi connectivity index (χ1v) is 6.20. The highest BCUT2D eigenvalue weighted by atomic mass is 35.5. The molecule has 0 saturated carbocycles. The van der Waals surface area contributed by atoms with Gasteiger partial charge in [-0.15, -0.1) is 0 Å². The van der Waals surface area contributed by atoms with Crippen LogP contribution in [0.5, 0.6) is 0 Å². The first-order valence-electron chi connectivity index (χ1n) is 5.83. The maximum Gasteiger partial charge on any atom is 0.158 e. The molecule has 0 aliphatic heterocycles. The fourth-order valence-corrected chi connectivity index (χ4v) is 2.08. The molecule has 0 saturated heterocycles. The van der Waals surface area contributed by atoms with Gasteiger partial charge < -0.3 is 4.90 Å². The van der Waals surface area contributed by atoms with Crippen molar-refractivity contribution in [3.63, 3.8) is 0 Å². The standard InChI is InChI=1S/C14H13ClN4/c1-10(12-5-3-4-6-13(12)15)19(2)14-9-17-11(7-16)8-18-14/h3-6,8-10H,1-2H3. The van der Waals surface area contributed by atoms with E-state index in [0.29, 0.717) is 11.5 Å². The summed E-state index contributed by atoms with van der Waals surface area (Å²) in [6.45, 7) is 2.04. The molecular formula is C14H13ClN4. The molecule has 1 heterocycles. The lowest BCUT2D eigenvalue weighted by molar-refractivity contribution is 0.726. The van der Waals surface area contributed by atoms with Gasteiger partial charge >= 0.3 is 0 Å². The first-order chi connectivity index (χ1) is 9.13. The maximum absolute atomic E-state index is 8.71. The maximum atomic E-state index is 8.71. The molecule has 4 nitrogen and oxygen atoms in total. The zero-order valence-electron chi connectivity index (χ0n) is 10.7. The van der Waals surface area contributed by atoms with E-state index in [0.717, 1.165) is 10.6 Å². The van der Waals surface area contributed by atoms with Gasteiger partial charge in [-0.3, -0.25) is 0 Å². The second kappa shape index (κ2) is 5.68. The Kier molecular flexibility index (Phi) is 3.98. The average molecular weight is 273 g/mol. The highest BCUT2D eigenvalue weighted by Crippen LogP contribution is 2.28. The van der Waals surface area contributed by atoms with Gasteiger partial charge in [-0.2, -0.15) is 5.26 Å². The van der Waals surface area contributed by atoms with Gasteiger partial charge in [0.15, 0.2) is 5.69 Å². The third kappa shape index (κ3) is 2.83. The van der Waals surface area contributed by atoms with Crippen LogP contribution in [0.15, 0.2) is 36.7 Å². The van der Waals surface area contributed by atoms with Crippen LogP contribution in [0.3, 0.4) is 0 Å². The molecule has 0 aliphatic rings. The van der Waals surface area contributed by atoms with Gasteiger partial charge in [-0.05, 0) is 18.6 Å². The van der Waals surface area contributed by atoms with Gasteiger partial charge in [0.05, 0.1) is 18.4 Å². The van der Waals surface area contributed by atoms with Crippen LogP contribution in [0.4, 0.5) is 5.82 Å². The van der Waals surface area contributed by atoms with Crippen molar-refractivity contribution < 1.29 is 0 Å². The van der Waals surface area contributed by atoms with Crippen LogP contribution in [0, 0.1) is 11.3 Å². The molecule has 5 heteroatoms. The molecule has 0 bridgehead atoms. The summed E-state index contributed by atoms with van der Waals surface area (Å²) < 4.78 is 0. The summed E-state index contributed by atoms with van der Waals surface area (Å²) in [6.07, 6.45) is 3.05. The Hall–Kier alpha value is -2.12. The van der Waals surface area contributed by atoms with Crippen molar-refractivity contribution in [2.24, 2.45) is 0 Å². The molecule has 0 amide bonds. The van der Waals surface area contributed by atoms with E-state index >= 15 is 0 Å². The fraction of sp³-hybridized carbons (Fsp3) is 0.214. The van der Waals surface area contributed by atoms with Gasteiger partial charge in [0.2, 0.25) is 0 Å². The third-order valence-electron chi connectivity index (χ3n) is 3.05. The molecular weight excluding hydrogens is 260 g/mol. The summed E-state index contributed by atoms with van der Waals surface area (Å²) in [6, 6.07) is 9.73. The average Bonchev–Trinajstić information content (AvgIpc) is 2.46. The SMILES string of the molecule is CC(c1ccccc1Cl)N(C)c1cnc(C#N)cn1. The Morgan fingerprint density at radius 3 is 2.58 bits per heavy atom. The Bertz CT molecular complexity index is 604. The van der Waals surface area contributed by atoms with E-state index < -0.39 is 0 Å². The van der Waals surface area contributed by atoms with Crippen LogP contribution in [-0.2, 0) is 0 Å². The number of benzene rings is 1. The summed E-state index contributed by atoms with van der Waals surface area (Å²) in [4.78, 5) is 10.2. The van der Waals surface area contributed by atoms with Crippen LogP contribution in [0.1, 0.15) is 24.2 Å². The van der Waals surface area contributed by atoms with Crippen LogP contribution in [0.2, 0.25) is 5.02 Å². The monoisotopic (exact) mass is 272 g/mol. The molecule has 19 heavy (non-hydrogen) atoms. The lowest BCUT2D eigenvalue weighted by Gasteiger charge is -2.26. The number of hydrogen-bond donors (Lipinski definition) is 0. The minimum Gasteiger partial charge on any atom is -0.352 e.